The van der Waals surface area contributed by atoms with Gasteiger partial charge in [0.25, 0.3) is 0 Å². The highest BCUT2D eigenvalue weighted by Crippen LogP contribution is 2.31. The van der Waals surface area contributed by atoms with Gasteiger partial charge in [-0.1, -0.05) is 6.07 Å². The first-order chi connectivity index (χ1) is 18.3. The number of aryl methyl sites for hydroxylation is 2. The summed E-state index contributed by atoms with van der Waals surface area (Å²) in [6.07, 6.45) is 2.36. The third kappa shape index (κ3) is 5.77. The lowest BCUT2D eigenvalue weighted by Crippen LogP contribution is -2.33. The zero-order valence-corrected chi connectivity index (χ0v) is 22.7. The van der Waals surface area contributed by atoms with Gasteiger partial charge in [0.1, 0.15) is 11.3 Å². The lowest BCUT2D eigenvalue weighted by Gasteiger charge is -2.15. The van der Waals surface area contributed by atoms with Crippen molar-refractivity contribution in [2.45, 2.75) is 31.6 Å². The average Bonchev–Trinajstić information content (AvgIpc) is 3.43. The van der Waals surface area contributed by atoms with E-state index in [4.69, 9.17) is 4.74 Å². The largest absolute Gasteiger partial charge is 0.497 e. The van der Waals surface area contributed by atoms with E-state index in [0.717, 1.165) is 53.2 Å². The summed E-state index contributed by atoms with van der Waals surface area (Å²) in [7, 11) is -1.91. The van der Waals surface area contributed by atoms with Crippen LogP contribution in [0.5, 0.6) is 5.75 Å². The molecule has 3 aromatic carbocycles. The first kappa shape index (κ1) is 26.0. The van der Waals surface area contributed by atoms with Crippen LogP contribution >= 0.6 is 0 Å². The molecule has 10 heteroatoms. The van der Waals surface area contributed by atoms with Gasteiger partial charge in [-0.3, -0.25) is 0 Å². The average molecular weight is 533 g/mol. The highest BCUT2D eigenvalue weighted by Gasteiger charge is 2.16. The summed E-state index contributed by atoms with van der Waals surface area (Å²) in [5.41, 5.74) is 6.30. The molecule has 0 spiro atoms. The van der Waals surface area contributed by atoms with E-state index in [1.54, 1.807) is 31.4 Å². The van der Waals surface area contributed by atoms with E-state index in [2.05, 4.69) is 43.1 Å². The maximum absolute atomic E-state index is 12.7. The topological polar surface area (TPSA) is 109 Å². The van der Waals surface area contributed by atoms with Crippen LogP contribution in [0.4, 0.5) is 11.6 Å². The van der Waals surface area contributed by atoms with Crippen LogP contribution in [0.3, 0.4) is 0 Å². The maximum atomic E-state index is 12.7. The molecule has 0 saturated carbocycles. The van der Waals surface area contributed by atoms with Crippen LogP contribution < -0.4 is 14.8 Å². The molecular formula is C28H32N6O3S. The van der Waals surface area contributed by atoms with E-state index in [1.807, 2.05) is 31.2 Å². The van der Waals surface area contributed by atoms with Gasteiger partial charge in [-0.15, -0.1) is 10.2 Å². The Kier molecular flexibility index (Phi) is 7.55. The lowest BCUT2D eigenvalue weighted by atomic mass is 9.98. The van der Waals surface area contributed by atoms with Crippen LogP contribution in [0.1, 0.15) is 24.0 Å². The molecule has 1 aliphatic rings. The Bertz CT molecular complexity index is 1550. The van der Waals surface area contributed by atoms with E-state index >= 15 is 0 Å². The van der Waals surface area contributed by atoms with Crippen molar-refractivity contribution in [1.29, 1.82) is 0 Å². The molecule has 1 aromatic heterocycles. The van der Waals surface area contributed by atoms with Gasteiger partial charge in [0.15, 0.2) is 0 Å². The van der Waals surface area contributed by atoms with Gasteiger partial charge in [0.2, 0.25) is 16.0 Å². The predicted octanol–water partition coefficient (Wildman–Crippen LogP) is 4.43. The van der Waals surface area contributed by atoms with Crippen molar-refractivity contribution in [2.75, 3.05) is 38.6 Å². The van der Waals surface area contributed by atoms with Crippen LogP contribution in [0.15, 0.2) is 59.5 Å². The Morgan fingerprint density at radius 1 is 0.947 bits per heavy atom. The van der Waals surface area contributed by atoms with Crippen LogP contribution in [-0.4, -0.2) is 61.8 Å². The maximum Gasteiger partial charge on any atom is 0.247 e. The van der Waals surface area contributed by atoms with E-state index in [1.165, 1.54) is 12.8 Å². The molecule has 0 amide bonds. The number of nitrogens with zero attached hydrogens (tertiary/aromatic N) is 4. The normalized spacial score (nSPS) is 14.2. The van der Waals surface area contributed by atoms with Gasteiger partial charge in [0, 0.05) is 18.8 Å². The number of rotatable bonds is 9. The minimum atomic E-state index is -3.57. The monoisotopic (exact) mass is 532 g/mol. The van der Waals surface area contributed by atoms with Crippen molar-refractivity contribution in [3.05, 3.63) is 65.7 Å². The van der Waals surface area contributed by atoms with Crippen LogP contribution in [0.2, 0.25) is 0 Å². The number of nitrogens with one attached hydrogen (secondary N) is 2. The molecule has 0 unspecified atom stereocenters. The minimum Gasteiger partial charge on any atom is -0.497 e. The Balaban J connectivity index is 1.30. The second kappa shape index (κ2) is 11.0. The molecule has 198 valence electrons. The number of ether oxygens (including phenoxy) is 1. The number of methoxy groups -OCH3 is 1. The first-order valence-corrected chi connectivity index (χ1v) is 14.2. The molecule has 0 aliphatic carbocycles. The summed E-state index contributed by atoms with van der Waals surface area (Å²) in [5, 5.41) is 11.8. The van der Waals surface area contributed by atoms with E-state index in [9.17, 15) is 8.42 Å². The standard InChI is InChI=1S/C28H32N6O3S/c1-19-6-9-23(37-3)18-25(19)21-16-20(2)27-26(17-21)32-33-28(31-27)30-22-7-10-24(11-8-22)38(35,36)29-12-15-34-13-4-5-14-34/h6-11,16-18,29H,4-5,12-15H2,1-3H3,(H,30,31,33). The fourth-order valence-corrected chi connectivity index (χ4v) is 5.75. The van der Waals surface area contributed by atoms with Crippen LogP contribution in [0.25, 0.3) is 22.2 Å². The number of likely N-dealkylation sites (tertiary alicyclic amines) is 1. The summed E-state index contributed by atoms with van der Waals surface area (Å²) < 4.78 is 33.4. The zero-order valence-electron chi connectivity index (χ0n) is 21.9. The molecule has 0 bridgehead atoms. The van der Waals surface area contributed by atoms with Crippen molar-refractivity contribution in [3.8, 4) is 16.9 Å². The highest BCUT2D eigenvalue weighted by atomic mass is 32.2. The number of anilines is 2. The number of fused-ring (bicyclic) bond motifs is 1. The van der Waals surface area contributed by atoms with Crippen LogP contribution in [-0.2, 0) is 10.0 Å². The minimum absolute atomic E-state index is 0.221. The second-order valence-corrected chi connectivity index (χ2v) is 11.3. The molecule has 2 heterocycles. The van der Waals surface area contributed by atoms with Crippen LogP contribution in [0, 0.1) is 13.8 Å². The van der Waals surface area contributed by atoms with Gasteiger partial charge >= 0.3 is 0 Å². The molecule has 1 saturated heterocycles. The summed E-state index contributed by atoms with van der Waals surface area (Å²) in [5.74, 6) is 1.13. The predicted molar refractivity (Wildman–Crippen MR) is 149 cm³/mol. The van der Waals surface area contributed by atoms with Gasteiger partial charge in [-0.05, 0) is 111 Å². The van der Waals surface area contributed by atoms with Crippen molar-refractivity contribution in [3.63, 3.8) is 0 Å². The second-order valence-electron chi connectivity index (χ2n) is 9.57. The molecule has 2 N–H and O–H groups in total. The van der Waals surface area contributed by atoms with Crippen molar-refractivity contribution in [1.82, 2.24) is 24.8 Å². The Morgan fingerprint density at radius 2 is 1.71 bits per heavy atom. The van der Waals surface area contributed by atoms with Gasteiger partial charge in [0.05, 0.1) is 17.5 Å². The summed E-state index contributed by atoms with van der Waals surface area (Å²) in [4.78, 5) is 7.16. The molecule has 1 fully saturated rings. The molecule has 38 heavy (non-hydrogen) atoms. The number of hydrogen-bond donors (Lipinski definition) is 2. The van der Waals surface area contributed by atoms with E-state index in [-0.39, 0.29) is 4.90 Å². The molecule has 9 nitrogen and oxygen atoms in total. The van der Waals surface area contributed by atoms with Crippen molar-refractivity contribution >= 4 is 32.7 Å². The fraction of sp³-hybridized carbons (Fsp3) is 0.321. The Labute approximate surface area is 223 Å². The highest BCUT2D eigenvalue weighted by molar-refractivity contribution is 7.89. The van der Waals surface area contributed by atoms with E-state index < -0.39 is 10.0 Å². The first-order valence-electron chi connectivity index (χ1n) is 12.7. The fourth-order valence-electron chi connectivity index (χ4n) is 4.73. The van der Waals surface area contributed by atoms with Gasteiger partial charge < -0.3 is 15.0 Å². The smallest absolute Gasteiger partial charge is 0.247 e. The molecule has 0 atom stereocenters. The zero-order chi connectivity index (χ0) is 26.7. The Hall–Kier alpha value is -3.60. The summed E-state index contributed by atoms with van der Waals surface area (Å²) >= 11 is 0. The number of benzene rings is 3. The quantitative estimate of drug-likeness (QED) is 0.326. The van der Waals surface area contributed by atoms with E-state index in [0.29, 0.717) is 23.7 Å². The molecule has 1 aliphatic heterocycles. The van der Waals surface area contributed by atoms with Crippen molar-refractivity contribution in [2.24, 2.45) is 0 Å². The molecular weight excluding hydrogens is 500 g/mol. The van der Waals surface area contributed by atoms with Gasteiger partial charge in [-0.25, -0.2) is 18.1 Å². The number of aromatic nitrogens is 3. The number of hydrogen-bond acceptors (Lipinski definition) is 8. The SMILES string of the molecule is COc1ccc(C)c(-c2cc(C)c3nc(Nc4ccc(S(=O)(=O)NCCN5CCCC5)cc4)nnc3c2)c1. The van der Waals surface area contributed by atoms with Crippen molar-refractivity contribution < 1.29 is 13.2 Å². The third-order valence-electron chi connectivity index (χ3n) is 6.85. The third-order valence-corrected chi connectivity index (χ3v) is 8.32. The molecule has 4 aromatic rings. The Morgan fingerprint density at radius 3 is 2.45 bits per heavy atom. The summed E-state index contributed by atoms with van der Waals surface area (Å²) in [6.45, 7) is 7.26. The molecule has 5 rings (SSSR count). The van der Waals surface area contributed by atoms with Gasteiger partial charge in [-0.2, -0.15) is 0 Å². The molecule has 0 radical (unpaired) electrons. The lowest BCUT2D eigenvalue weighted by molar-refractivity contribution is 0.344. The summed E-state index contributed by atoms with van der Waals surface area (Å²) in [6, 6.07) is 16.6. The number of sulfonamides is 1.